The summed E-state index contributed by atoms with van der Waals surface area (Å²) in [5.41, 5.74) is 5.81. The minimum absolute atomic E-state index is 0.0991. The van der Waals surface area contributed by atoms with Crippen LogP contribution in [0.15, 0.2) is 16.7 Å². The normalized spacial score (nSPS) is 19.3. The summed E-state index contributed by atoms with van der Waals surface area (Å²) in [7, 11) is 0. The number of anilines is 1. The molecule has 2 rings (SSSR count). The van der Waals surface area contributed by atoms with Crippen molar-refractivity contribution in [2.75, 3.05) is 18.0 Å². The van der Waals surface area contributed by atoms with Gasteiger partial charge < -0.3 is 10.6 Å². The quantitative estimate of drug-likeness (QED) is 0.853. The smallest absolute Gasteiger partial charge is 0.147 e. The van der Waals surface area contributed by atoms with Crippen molar-refractivity contribution in [3.8, 4) is 0 Å². The minimum Gasteiger partial charge on any atom is -0.352 e. The third-order valence-electron chi connectivity index (χ3n) is 2.19. The fourth-order valence-corrected chi connectivity index (χ4v) is 2.36. The minimum atomic E-state index is -0.0991. The SMILES string of the molecule is CC1(N)CN(c2ncc(Br)cc2Cl)C1. The maximum Gasteiger partial charge on any atom is 0.147 e. The molecule has 5 heteroatoms. The lowest BCUT2D eigenvalue weighted by atomic mass is 9.94. The van der Waals surface area contributed by atoms with Crippen molar-refractivity contribution in [2.45, 2.75) is 12.5 Å². The van der Waals surface area contributed by atoms with E-state index in [9.17, 15) is 0 Å². The van der Waals surface area contributed by atoms with Gasteiger partial charge in [-0.15, -0.1) is 0 Å². The Hall–Kier alpha value is -0.320. The lowest BCUT2D eigenvalue weighted by molar-refractivity contribution is 0.363. The number of nitrogens with zero attached hydrogens (tertiary/aromatic N) is 2. The molecule has 1 fully saturated rings. The van der Waals surface area contributed by atoms with Gasteiger partial charge in [0.25, 0.3) is 0 Å². The second-order valence-corrected chi connectivity index (χ2v) is 5.29. The van der Waals surface area contributed by atoms with Crippen LogP contribution in [0.2, 0.25) is 5.02 Å². The van der Waals surface area contributed by atoms with Crippen molar-refractivity contribution < 1.29 is 0 Å². The lowest BCUT2D eigenvalue weighted by Crippen LogP contribution is -2.65. The molecule has 1 aliphatic heterocycles. The second-order valence-electron chi connectivity index (χ2n) is 3.97. The van der Waals surface area contributed by atoms with Gasteiger partial charge in [0.05, 0.1) is 5.02 Å². The molecule has 1 aromatic heterocycles. The molecule has 2 N–H and O–H groups in total. The predicted molar refractivity (Wildman–Crippen MR) is 61.8 cm³/mol. The maximum absolute atomic E-state index is 6.06. The Kier molecular flexibility index (Phi) is 2.45. The number of pyridine rings is 1. The second kappa shape index (κ2) is 3.36. The zero-order valence-electron chi connectivity index (χ0n) is 7.80. The van der Waals surface area contributed by atoms with Crippen LogP contribution in [-0.2, 0) is 0 Å². The molecule has 0 radical (unpaired) electrons. The molecule has 2 heterocycles. The first-order valence-electron chi connectivity index (χ1n) is 4.33. The molecule has 0 aliphatic carbocycles. The molecule has 1 aromatic rings. The molecule has 1 saturated heterocycles. The van der Waals surface area contributed by atoms with Crippen molar-refractivity contribution in [3.63, 3.8) is 0 Å². The summed E-state index contributed by atoms with van der Waals surface area (Å²) in [5, 5.41) is 0.662. The Morgan fingerprint density at radius 1 is 1.64 bits per heavy atom. The zero-order valence-corrected chi connectivity index (χ0v) is 10.1. The van der Waals surface area contributed by atoms with Gasteiger partial charge >= 0.3 is 0 Å². The van der Waals surface area contributed by atoms with E-state index in [2.05, 4.69) is 25.8 Å². The van der Waals surface area contributed by atoms with Crippen molar-refractivity contribution in [2.24, 2.45) is 5.73 Å². The zero-order chi connectivity index (χ0) is 10.3. The number of halogens is 2. The van der Waals surface area contributed by atoms with Gasteiger partial charge in [-0.3, -0.25) is 0 Å². The van der Waals surface area contributed by atoms with Gasteiger partial charge in [0.15, 0.2) is 0 Å². The Morgan fingerprint density at radius 2 is 2.29 bits per heavy atom. The van der Waals surface area contributed by atoms with E-state index < -0.39 is 0 Å². The van der Waals surface area contributed by atoms with Crippen molar-refractivity contribution in [1.82, 2.24) is 4.98 Å². The first-order chi connectivity index (χ1) is 6.48. The summed E-state index contributed by atoms with van der Waals surface area (Å²) in [6.45, 7) is 3.64. The molecule has 0 spiro atoms. The summed E-state index contributed by atoms with van der Waals surface area (Å²) in [5.74, 6) is 0.817. The van der Waals surface area contributed by atoms with E-state index in [0.29, 0.717) is 5.02 Å². The van der Waals surface area contributed by atoms with E-state index >= 15 is 0 Å². The van der Waals surface area contributed by atoms with Crippen LogP contribution in [0, 0.1) is 0 Å². The Balaban J connectivity index is 2.19. The van der Waals surface area contributed by atoms with Crippen LogP contribution in [0.25, 0.3) is 0 Å². The largest absolute Gasteiger partial charge is 0.352 e. The van der Waals surface area contributed by atoms with Gasteiger partial charge in [-0.05, 0) is 28.9 Å². The van der Waals surface area contributed by atoms with Crippen LogP contribution >= 0.6 is 27.5 Å². The third-order valence-corrected chi connectivity index (χ3v) is 2.90. The molecular weight excluding hydrogens is 265 g/mol. The highest BCUT2D eigenvalue weighted by molar-refractivity contribution is 9.10. The molecule has 14 heavy (non-hydrogen) atoms. The Bertz CT molecular complexity index is 359. The molecule has 0 amide bonds. The number of hydrogen-bond donors (Lipinski definition) is 1. The summed E-state index contributed by atoms with van der Waals surface area (Å²) < 4.78 is 0.891. The van der Waals surface area contributed by atoms with Crippen molar-refractivity contribution in [3.05, 3.63) is 21.8 Å². The molecule has 0 unspecified atom stereocenters. The van der Waals surface area contributed by atoms with E-state index in [-0.39, 0.29) is 5.54 Å². The van der Waals surface area contributed by atoms with E-state index in [0.717, 1.165) is 23.4 Å². The average Bonchev–Trinajstić information content (AvgIpc) is 2.00. The van der Waals surface area contributed by atoms with Crippen molar-refractivity contribution in [1.29, 1.82) is 0 Å². The maximum atomic E-state index is 6.06. The number of aromatic nitrogens is 1. The van der Waals surface area contributed by atoms with Crippen LogP contribution in [-0.4, -0.2) is 23.6 Å². The van der Waals surface area contributed by atoms with Gasteiger partial charge in [-0.1, -0.05) is 11.6 Å². The molecule has 0 atom stereocenters. The number of hydrogen-bond acceptors (Lipinski definition) is 3. The van der Waals surface area contributed by atoms with E-state index in [4.69, 9.17) is 17.3 Å². The topological polar surface area (TPSA) is 42.1 Å². The van der Waals surface area contributed by atoms with Gasteiger partial charge in [-0.25, -0.2) is 4.98 Å². The standard InChI is InChI=1S/C9H11BrClN3/c1-9(12)4-14(5-9)8-7(11)2-6(10)3-13-8/h2-3H,4-5,12H2,1H3. The first-order valence-corrected chi connectivity index (χ1v) is 5.50. The Morgan fingerprint density at radius 3 is 2.79 bits per heavy atom. The molecule has 0 saturated carbocycles. The van der Waals surface area contributed by atoms with E-state index in [1.165, 1.54) is 0 Å². The summed E-state index contributed by atoms with van der Waals surface area (Å²) >= 11 is 9.37. The van der Waals surface area contributed by atoms with Crippen LogP contribution in [0.1, 0.15) is 6.92 Å². The monoisotopic (exact) mass is 275 g/mol. The van der Waals surface area contributed by atoms with Gasteiger partial charge in [-0.2, -0.15) is 0 Å². The van der Waals surface area contributed by atoms with E-state index in [1.807, 2.05) is 13.0 Å². The van der Waals surface area contributed by atoms with Crippen molar-refractivity contribution >= 4 is 33.3 Å². The predicted octanol–water partition coefficient (Wildman–Crippen LogP) is 2.03. The van der Waals surface area contributed by atoms with Gasteiger partial charge in [0.1, 0.15) is 5.82 Å². The summed E-state index contributed by atoms with van der Waals surface area (Å²) in [4.78, 5) is 6.34. The highest BCUT2D eigenvalue weighted by Gasteiger charge is 2.36. The first kappa shape index (κ1) is 10.2. The Labute approximate surface area is 96.4 Å². The fraction of sp³-hybridized carbons (Fsp3) is 0.444. The number of nitrogens with two attached hydrogens (primary N) is 1. The lowest BCUT2D eigenvalue weighted by Gasteiger charge is -2.46. The van der Waals surface area contributed by atoms with E-state index in [1.54, 1.807) is 6.20 Å². The molecule has 0 bridgehead atoms. The van der Waals surface area contributed by atoms with Crippen LogP contribution < -0.4 is 10.6 Å². The highest BCUT2D eigenvalue weighted by atomic mass is 79.9. The third kappa shape index (κ3) is 1.87. The molecule has 3 nitrogen and oxygen atoms in total. The van der Waals surface area contributed by atoms with Crippen LogP contribution in [0.3, 0.4) is 0 Å². The summed E-state index contributed by atoms with van der Waals surface area (Å²) in [6, 6.07) is 1.84. The average molecular weight is 277 g/mol. The van der Waals surface area contributed by atoms with Crippen LogP contribution in [0.4, 0.5) is 5.82 Å². The fourth-order valence-electron chi connectivity index (χ4n) is 1.62. The molecular formula is C9H11BrClN3. The molecule has 0 aromatic carbocycles. The summed E-state index contributed by atoms with van der Waals surface area (Å²) in [6.07, 6.45) is 1.74. The van der Waals surface area contributed by atoms with Gasteiger partial charge in [0, 0.05) is 29.3 Å². The number of rotatable bonds is 1. The van der Waals surface area contributed by atoms with Gasteiger partial charge in [0.2, 0.25) is 0 Å². The highest BCUT2D eigenvalue weighted by Crippen LogP contribution is 2.31. The molecule has 76 valence electrons. The molecule has 1 aliphatic rings. The van der Waals surface area contributed by atoms with Crippen LogP contribution in [0.5, 0.6) is 0 Å².